The molecule has 2 aromatic heterocycles. The molecule has 8 aromatic carbocycles. The summed E-state index contributed by atoms with van der Waals surface area (Å²) in [6, 6.07) is 66.4. The standard InChI is InChI=1S/C49H31N3S/c1-2-10-32(11-3-1)39-14-8-15-40(30-39)34-20-25-36(26-21-34)47-50-48(37-27-22-35(23-28-37)41-29-24-33-12-4-5-13-38(33)31-41)52-49(51-47)44-18-9-17-43-42-16-6-7-19-45(42)53-46(43)44/h1-31H. The molecular formula is C49H31N3S. The van der Waals surface area contributed by atoms with Crippen LogP contribution in [0.15, 0.2) is 188 Å². The normalized spacial score (nSPS) is 11.4. The smallest absolute Gasteiger partial charge is 0.165 e. The topological polar surface area (TPSA) is 38.7 Å². The van der Waals surface area contributed by atoms with Gasteiger partial charge in [0, 0.05) is 36.9 Å². The summed E-state index contributed by atoms with van der Waals surface area (Å²) in [5, 5.41) is 4.93. The summed E-state index contributed by atoms with van der Waals surface area (Å²) in [6.45, 7) is 0. The van der Waals surface area contributed by atoms with Crippen LogP contribution < -0.4 is 0 Å². The average molecular weight is 694 g/mol. The SMILES string of the molecule is c1ccc(-c2cccc(-c3ccc(-c4nc(-c5ccc(-c6ccc7ccccc7c6)cc5)nc(-c5cccc6c5sc5ccccc56)n4)cc3)c2)cc1. The summed E-state index contributed by atoms with van der Waals surface area (Å²) < 4.78 is 2.43. The number of aromatic nitrogens is 3. The molecule has 0 aliphatic carbocycles. The van der Waals surface area contributed by atoms with Crippen molar-refractivity contribution in [1.29, 1.82) is 0 Å². The minimum absolute atomic E-state index is 0.645. The molecule has 248 valence electrons. The summed E-state index contributed by atoms with van der Waals surface area (Å²) >= 11 is 1.79. The van der Waals surface area contributed by atoms with Crippen LogP contribution in [-0.2, 0) is 0 Å². The van der Waals surface area contributed by atoms with Crippen molar-refractivity contribution < 1.29 is 0 Å². The van der Waals surface area contributed by atoms with E-state index in [1.165, 1.54) is 47.6 Å². The number of hydrogen-bond donors (Lipinski definition) is 0. The Hall–Kier alpha value is -6.75. The largest absolute Gasteiger partial charge is 0.208 e. The second kappa shape index (κ2) is 13.1. The maximum absolute atomic E-state index is 5.15. The maximum atomic E-state index is 5.15. The fourth-order valence-corrected chi connectivity index (χ4v) is 8.39. The minimum atomic E-state index is 0.645. The van der Waals surface area contributed by atoms with Crippen molar-refractivity contribution in [3.8, 4) is 67.5 Å². The Kier molecular flexibility index (Phi) is 7.67. The molecule has 0 spiro atoms. The van der Waals surface area contributed by atoms with Crippen LogP contribution in [0.2, 0.25) is 0 Å². The van der Waals surface area contributed by atoms with E-state index in [9.17, 15) is 0 Å². The van der Waals surface area contributed by atoms with Crippen LogP contribution in [0.4, 0.5) is 0 Å². The fourth-order valence-electron chi connectivity index (χ4n) is 7.18. The Morgan fingerprint density at radius 3 is 1.51 bits per heavy atom. The summed E-state index contributed by atoms with van der Waals surface area (Å²) in [7, 11) is 0. The van der Waals surface area contributed by atoms with Crippen LogP contribution >= 0.6 is 11.3 Å². The lowest BCUT2D eigenvalue weighted by molar-refractivity contribution is 1.08. The van der Waals surface area contributed by atoms with E-state index < -0.39 is 0 Å². The maximum Gasteiger partial charge on any atom is 0.165 e. The first-order valence-corrected chi connectivity index (χ1v) is 18.6. The van der Waals surface area contributed by atoms with Crippen LogP contribution in [0, 0.1) is 0 Å². The lowest BCUT2D eigenvalue weighted by Gasteiger charge is -2.11. The van der Waals surface area contributed by atoms with E-state index >= 15 is 0 Å². The van der Waals surface area contributed by atoms with E-state index in [1.54, 1.807) is 11.3 Å². The number of benzene rings is 8. The first-order chi connectivity index (χ1) is 26.2. The first kappa shape index (κ1) is 31.0. The van der Waals surface area contributed by atoms with Gasteiger partial charge in [0.15, 0.2) is 17.5 Å². The number of nitrogens with zero attached hydrogens (tertiary/aromatic N) is 3. The molecule has 3 nitrogen and oxygen atoms in total. The van der Waals surface area contributed by atoms with Gasteiger partial charge in [-0.3, -0.25) is 0 Å². The van der Waals surface area contributed by atoms with Crippen LogP contribution in [0.1, 0.15) is 0 Å². The second-order valence-corrected chi connectivity index (χ2v) is 14.3. The van der Waals surface area contributed by atoms with E-state index in [1.807, 2.05) is 6.07 Å². The number of rotatable bonds is 6. The van der Waals surface area contributed by atoms with E-state index in [-0.39, 0.29) is 0 Å². The average Bonchev–Trinajstić information content (AvgIpc) is 3.63. The Morgan fingerprint density at radius 1 is 0.302 bits per heavy atom. The highest BCUT2D eigenvalue weighted by Gasteiger charge is 2.17. The van der Waals surface area contributed by atoms with Gasteiger partial charge in [0.25, 0.3) is 0 Å². The minimum Gasteiger partial charge on any atom is -0.208 e. The highest BCUT2D eigenvalue weighted by atomic mass is 32.1. The Labute approximate surface area is 311 Å². The summed E-state index contributed by atoms with van der Waals surface area (Å²) in [4.78, 5) is 15.4. The molecule has 0 saturated heterocycles. The van der Waals surface area contributed by atoms with Crippen LogP contribution in [-0.4, -0.2) is 15.0 Å². The molecule has 0 N–H and O–H groups in total. The van der Waals surface area contributed by atoms with Gasteiger partial charge >= 0.3 is 0 Å². The molecule has 0 amide bonds. The summed E-state index contributed by atoms with van der Waals surface area (Å²) in [5.41, 5.74) is 9.92. The molecule has 0 unspecified atom stereocenters. The molecule has 0 radical (unpaired) electrons. The molecule has 0 bridgehead atoms. The molecule has 0 fully saturated rings. The van der Waals surface area contributed by atoms with Gasteiger partial charge in [0.2, 0.25) is 0 Å². The van der Waals surface area contributed by atoms with Crippen molar-refractivity contribution in [3.05, 3.63) is 188 Å². The van der Waals surface area contributed by atoms with E-state index in [4.69, 9.17) is 15.0 Å². The van der Waals surface area contributed by atoms with Crippen molar-refractivity contribution in [2.45, 2.75) is 0 Å². The van der Waals surface area contributed by atoms with Gasteiger partial charge < -0.3 is 0 Å². The third-order valence-corrected chi connectivity index (χ3v) is 11.2. The molecule has 0 saturated carbocycles. The van der Waals surface area contributed by atoms with Crippen LogP contribution in [0.5, 0.6) is 0 Å². The third kappa shape index (κ3) is 5.85. The molecule has 0 aliphatic rings. The number of thiophene rings is 1. The Morgan fingerprint density at radius 2 is 0.792 bits per heavy atom. The van der Waals surface area contributed by atoms with E-state index in [0.29, 0.717) is 17.5 Å². The second-order valence-electron chi connectivity index (χ2n) is 13.3. The lowest BCUT2D eigenvalue weighted by Crippen LogP contribution is -2.00. The van der Waals surface area contributed by atoms with Gasteiger partial charge in [0.1, 0.15) is 0 Å². The molecule has 10 aromatic rings. The van der Waals surface area contributed by atoms with E-state index in [2.05, 4.69) is 182 Å². The van der Waals surface area contributed by atoms with Crippen molar-refractivity contribution in [1.82, 2.24) is 15.0 Å². The zero-order chi connectivity index (χ0) is 35.1. The third-order valence-electron chi connectivity index (χ3n) is 9.95. The molecule has 0 aliphatic heterocycles. The van der Waals surface area contributed by atoms with Gasteiger partial charge in [-0.25, -0.2) is 15.0 Å². The number of fused-ring (bicyclic) bond motifs is 4. The predicted octanol–water partition coefficient (Wildman–Crippen LogP) is 13.4. The van der Waals surface area contributed by atoms with Gasteiger partial charge in [-0.15, -0.1) is 11.3 Å². The van der Waals surface area contributed by atoms with Crippen molar-refractivity contribution in [2.24, 2.45) is 0 Å². The molecular weight excluding hydrogens is 663 g/mol. The van der Waals surface area contributed by atoms with E-state index in [0.717, 1.165) is 33.4 Å². The van der Waals surface area contributed by atoms with Gasteiger partial charge in [-0.2, -0.15) is 0 Å². The zero-order valence-corrected chi connectivity index (χ0v) is 29.5. The Bertz CT molecular complexity index is 2930. The zero-order valence-electron chi connectivity index (χ0n) is 28.6. The highest BCUT2D eigenvalue weighted by molar-refractivity contribution is 7.26. The molecule has 10 rings (SSSR count). The molecule has 2 heterocycles. The van der Waals surface area contributed by atoms with Crippen LogP contribution in [0.25, 0.3) is 98.5 Å². The summed E-state index contributed by atoms with van der Waals surface area (Å²) in [5.74, 6) is 1.96. The predicted molar refractivity (Wildman–Crippen MR) is 223 cm³/mol. The molecule has 53 heavy (non-hydrogen) atoms. The van der Waals surface area contributed by atoms with Crippen molar-refractivity contribution in [3.63, 3.8) is 0 Å². The van der Waals surface area contributed by atoms with Gasteiger partial charge in [-0.05, 0) is 68.4 Å². The van der Waals surface area contributed by atoms with Gasteiger partial charge in [-0.1, -0.05) is 164 Å². The van der Waals surface area contributed by atoms with Crippen molar-refractivity contribution >= 4 is 42.3 Å². The van der Waals surface area contributed by atoms with Gasteiger partial charge in [0.05, 0.1) is 0 Å². The number of hydrogen-bond acceptors (Lipinski definition) is 4. The van der Waals surface area contributed by atoms with Crippen molar-refractivity contribution in [2.75, 3.05) is 0 Å². The molecule has 0 atom stereocenters. The fraction of sp³-hybridized carbons (Fsp3) is 0. The molecule has 4 heteroatoms. The van der Waals surface area contributed by atoms with Crippen LogP contribution in [0.3, 0.4) is 0 Å². The quantitative estimate of drug-likeness (QED) is 0.174. The first-order valence-electron chi connectivity index (χ1n) is 17.8. The Balaban J connectivity index is 1.07. The summed E-state index contributed by atoms with van der Waals surface area (Å²) in [6.07, 6.45) is 0. The monoisotopic (exact) mass is 693 g/mol. The highest BCUT2D eigenvalue weighted by Crippen LogP contribution is 2.40. The lowest BCUT2D eigenvalue weighted by atomic mass is 9.98.